The average molecular weight is 566 g/mol. The molecule has 0 bridgehead atoms. The van der Waals surface area contributed by atoms with Crippen LogP contribution in [-0.4, -0.2) is 51.4 Å². The molecule has 0 saturated carbocycles. The summed E-state index contributed by atoms with van der Waals surface area (Å²) in [7, 11) is -2.53. The van der Waals surface area contributed by atoms with Gasteiger partial charge in [-0.2, -0.15) is 0 Å². The summed E-state index contributed by atoms with van der Waals surface area (Å²) in [5, 5.41) is 2.89. The first-order chi connectivity index (χ1) is 18.9. The van der Waals surface area contributed by atoms with Gasteiger partial charge in [0.25, 0.3) is 10.0 Å². The van der Waals surface area contributed by atoms with Crippen LogP contribution in [0, 0.1) is 19.8 Å². The van der Waals surface area contributed by atoms with Crippen molar-refractivity contribution < 1.29 is 22.7 Å². The van der Waals surface area contributed by atoms with Gasteiger partial charge in [0.1, 0.15) is 18.3 Å². The lowest BCUT2D eigenvalue weighted by Gasteiger charge is -2.32. The molecule has 1 N–H and O–H groups in total. The van der Waals surface area contributed by atoms with Crippen molar-refractivity contribution in [2.24, 2.45) is 5.92 Å². The maximum Gasteiger partial charge on any atom is 0.264 e. The van der Waals surface area contributed by atoms with Gasteiger partial charge in [0, 0.05) is 13.1 Å². The van der Waals surface area contributed by atoms with E-state index in [1.807, 2.05) is 52.0 Å². The summed E-state index contributed by atoms with van der Waals surface area (Å²) >= 11 is 0. The third-order valence-electron chi connectivity index (χ3n) is 6.61. The number of aryl methyl sites for hydroxylation is 2. The van der Waals surface area contributed by atoms with Crippen LogP contribution in [0.25, 0.3) is 0 Å². The highest BCUT2D eigenvalue weighted by Crippen LogP contribution is 2.28. The van der Waals surface area contributed by atoms with Crippen LogP contribution in [0.5, 0.6) is 5.75 Å². The van der Waals surface area contributed by atoms with Gasteiger partial charge in [-0.25, -0.2) is 8.42 Å². The predicted molar refractivity (Wildman–Crippen MR) is 158 cm³/mol. The highest BCUT2D eigenvalue weighted by molar-refractivity contribution is 7.92. The molecule has 0 aromatic heterocycles. The standard InChI is InChI=1S/C31H39N3O5S/c1-22(2)19-32-31(36)25(5)33(20-26-14-16-27(39-6)17-15-26)30(35)21-34(29-18-23(3)12-13-24(29)4)40(37,38)28-10-8-7-9-11-28/h7-18,22,25H,19-21H2,1-6H3,(H,32,36)/t25-/m0/s1. The lowest BCUT2D eigenvalue weighted by Crippen LogP contribution is -2.51. The van der Waals surface area contributed by atoms with E-state index >= 15 is 0 Å². The van der Waals surface area contributed by atoms with E-state index in [1.54, 1.807) is 50.4 Å². The van der Waals surface area contributed by atoms with E-state index in [0.717, 1.165) is 15.4 Å². The molecule has 0 saturated heterocycles. The Labute approximate surface area is 238 Å². The molecule has 8 nitrogen and oxygen atoms in total. The Morgan fingerprint density at radius 3 is 2.17 bits per heavy atom. The zero-order chi connectivity index (χ0) is 29.4. The van der Waals surface area contributed by atoms with E-state index in [-0.39, 0.29) is 23.3 Å². The number of carbonyl (C=O) groups excluding carboxylic acids is 2. The van der Waals surface area contributed by atoms with Crippen molar-refractivity contribution in [3.05, 3.63) is 89.5 Å². The van der Waals surface area contributed by atoms with E-state index in [2.05, 4.69) is 5.32 Å². The molecule has 0 spiro atoms. The number of nitrogens with one attached hydrogen (secondary N) is 1. The number of hydrogen-bond donors (Lipinski definition) is 1. The van der Waals surface area contributed by atoms with Crippen LogP contribution in [0.2, 0.25) is 0 Å². The van der Waals surface area contributed by atoms with Crippen LogP contribution in [0.3, 0.4) is 0 Å². The molecule has 40 heavy (non-hydrogen) atoms. The molecule has 0 unspecified atom stereocenters. The largest absolute Gasteiger partial charge is 0.497 e. The second-order valence-corrected chi connectivity index (χ2v) is 12.2. The number of sulfonamides is 1. The number of ether oxygens (including phenoxy) is 1. The maximum atomic E-state index is 14.0. The minimum Gasteiger partial charge on any atom is -0.497 e. The van der Waals surface area contributed by atoms with Crippen LogP contribution in [0.4, 0.5) is 5.69 Å². The molecule has 2 amide bonds. The predicted octanol–water partition coefficient (Wildman–Crippen LogP) is 4.70. The van der Waals surface area contributed by atoms with Crippen molar-refractivity contribution >= 4 is 27.5 Å². The Morgan fingerprint density at radius 1 is 0.925 bits per heavy atom. The molecule has 0 fully saturated rings. The molecule has 0 aliphatic carbocycles. The molecule has 1 atom stereocenters. The first kappa shape index (κ1) is 30.7. The Bertz CT molecular complexity index is 1410. The fraction of sp³-hybridized carbons (Fsp3) is 0.355. The highest BCUT2D eigenvalue weighted by atomic mass is 32.2. The minimum atomic E-state index is -4.10. The Kier molecular flexibility index (Phi) is 10.3. The zero-order valence-corrected chi connectivity index (χ0v) is 24.9. The zero-order valence-electron chi connectivity index (χ0n) is 24.0. The van der Waals surface area contributed by atoms with E-state index in [4.69, 9.17) is 4.74 Å². The molecular formula is C31H39N3O5S. The summed E-state index contributed by atoms with van der Waals surface area (Å²) in [6, 6.07) is 19.9. The monoisotopic (exact) mass is 565 g/mol. The number of carbonyl (C=O) groups is 2. The smallest absolute Gasteiger partial charge is 0.264 e. The molecule has 0 aliphatic heterocycles. The van der Waals surface area contributed by atoms with Crippen LogP contribution in [-0.2, 0) is 26.2 Å². The molecule has 0 radical (unpaired) electrons. The lowest BCUT2D eigenvalue weighted by atomic mass is 10.1. The molecule has 0 aliphatic rings. The summed E-state index contributed by atoms with van der Waals surface area (Å²) in [6.45, 7) is 9.42. The fourth-order valence-electron chi connectivity index (χ4n) is 4.18. The number of hydrogen-bond acceptors (Lipinski definition) is 5. The topological polar surface area (TPSA) is 96.0 Å². The van der Waals surface area contributed by atoms with Crippen LogP contribution < -0.4 is 14.4 Å². The second-order valence-electron chi connectivity index (χ2n) is 10.3. The second kappa shape index (κ2) is 13.5. The van der Waals surface area contributed by atoms with Gasteiger partial charge in [-0.3, -0.25) is 13.9 Å². The summed E-state index contributed by atoms with van der Waals surface area (Å²) in [6.07, 6.45) is 0. The van der Waals surface area contributed by atoms with Gasteiger partial charge >= 0.3 is 0 Å². The number of rotatable bonds is 12. The number of benzene rings is 3. The summed E-state index contributed by atoms with van der Waals surface area (Å²) < 4.78 is 34.2. The summed E-state index contributed by atoms with van der Waals surface area (Å²) in [5.41, 5.74) is 2.76. The van der Waals surface area contributed by atoms with Crippen molar-refractivity contribution in [3.8, 4) is 5.75 Å². The van der Waals surface area contributed by atoms with Crippen molar-refractivity contribution in [2.75, 3.05) is 24.5 Å². The van der Waals surface area contributed by atoms with E-state index < -0.39 is 28.5 Å². The summed E-state index contributed by atoms with van der Waals surface area (Å²) in [5.74, 6) is 0.0975. The Balaban J connectivity index is 2.03. The van der Waals surface area contributed by atoms with Crippen LogP contribution >= 0.6 is 0 Å². The normalized spacial score (nSPS) is 12.1. The lowest BCUT2D eigenvalue weighted by molar-refractivity contribution is -0.139. The minimum absolute atomic E-state index is 0.0770. The van der Waals surface area contributed by atoms with Crippen molar-refractivity contribution in [1.29, 1.82) is 0 Å². The molecular weight excluding hydrogens is 526 g/mol. The highest BCUT2D eigenvalue weighted by Gasteiger charge is 2.33. The molecule has 0 heterocycles. The van der Waals surface area contributed by atoms with E-state index in [1.165, 1.54) is 17.0 Å². The van der Waals surface area contributed by atoms with E-state index in [9.17, 15) is 18.0 Å². The van der Waals surface area contributed by atoms with Crippen LogP contribution in [0.1, 0.15) is 37.5 Å². The Hall–Kier alpha value is -3.85. The van der Waals surface area contributed by atoms with Gasteiger partial charge in [0.05, 0.1) is 17.7 Å². The van der Waals surface area contributed by atoms with Gasteiger partial charge in [-0.1, -0.05) is 56.3 Å². The first-order valence-electron chi connectivity index (χ1n) is 13.3. The number of nitrogens with zero attached hydrogens (tertiary/aromatic N) is 2. The van der Waals surface area contributed by atoms with E-state index in [0.29, 0.717) is 23.5 Å². The number of amides is 2. The number of anilines is 1. The van der Waals surface area contributed by atoms with Crippen molar-refractivity contribution in [1.82, 2.24) is 10.2 Å². The van der Waals surface area contributed by atoms with Gasteiger partial charge in [0.15, 0.2) is 0 Å². The first-order valence-corrected chi connectivity index (χ1v) is 14.7. The SMILES string of the molecule is COc1ccc(CN(C(=O)CN(c2cc(C)ccc2C)S(=O)(=O)c2ccccc2)[C@@H](C)C(=O)NCC(C)C)cc1. The van der Waals surface area contributed by atoms with Crippen LogP contribution in [0.15, 0.2) is 77.7 Å². The molecule has 3 rings (SSSR count). The third-order valence-corrected chi connectivity index (χ3v) is 8.38. The van der Waals surface area contributed by atoms with Gasteiger partial charge in [-0.15, -0.1) is 0 Å². The quantitative estimate of drug-likeness (QED) is 0.344. The average Bonchev–Trinajstić information content (AvgIpc) is 2.94. The molecule has 3 aromatic carbocycles. The fourth-order valence-corrected chi connectivity index (χ4v) is 5.68. The molecule has 9 heteroatoms. The number of methoxy groups -OCH3 is 1. The molecule has 214 valence electrons. The van der Waals surface area contributed by atoms with Gasteiger partial charge < -0.3 is 15.0 Å². The van der Waals surface area contributed by atoms with Crippen molar-refractivity contribution in [2.45, 2.75) is 52.1 Å². The Morgan fingerprint density at radius 2 is 1.57 bits per heavy atom. The summed E-state index contributed by atoms with van der Waals surface area (Å²) in [4.78, 5) is 28.6. The van der Waals surface area contributed by atoms with Gasteiger partial charge in [0.2, 0.25) is 11.8 Å². The third kappa shape index (κ3) is 7.63. The maximum absolute atomic E-state index is 14.0. The van der Waals surface area contributed by atoms with Gasteiger partial charge in [-0.05, 0) is 73.7 Å². The van der Waals surface area contributed by atoms with Crippen molar-refractivity contribution in [3.63, 3.8) is 0 Å². The molecule has 3 aromatic rings.